The highest BCUT2D eigenvalue weighted by Gasteiger charge is 2.10. The van der Waals surface area contributed by atoms with Gasteiger partial charge in [-0.15, -0.1) is 0 Å². The Kier molecular flexibility index (Phi) is 7.09. The van der Waals surface area contributed by atoms with Crippen LogP contribution in [0.1, 0.15) is 52.0 Å². The molecular formula is C17H26O2. The largest absolute Gasteiger partial charge is 0.490 e. The van der Waals surface area contributed by atoms with Crippen molar-refractivity contribution in [1.29, 1.82) is 0 Å². The molecule has 0 radical (unpaired) electrons. The van der Waals surface area contributed by atoms with E-state index in [9.17, 15) is 0 Å². The summed E-state index contributed by atoms with van der Waals surface area (Å²) in [6.07, 6.45) is 6.63. The van der Waals surface area contributed by atoms with E-state index in [0.29, 0.717) is 19.1 Å². The number of ether oxygens (including phenoxy) is 2. The second kappa shape index (κ2) is 8.63. The molecule has 1 atom stereocenters. The average molecular weight is 262 g/mol. The van der Waals surface area contributed by atoms with Gasteiger partial charge < -0.3 is 9.47 Å². The molecule has 19 heavy (non-hydrogen) atoms. The lowest BCUT2D eigenvalue weighted by Crippen LogP contribution is -2.00. The summed E-state index contributed by atoms with van der Waals surface area (Å²) in [5, 5.41) is 0. The van der Waals surface area contributed by atoms with E-state index in [1.54, 1.807) is 0 Å². The lowest BCUT2D eigenvalue weighted by Gasteiger charge is -2.15. The Bertz CT molecular complexity index is 396. The van der Waals surface area contributed by atoms with E-state index in [-0.39, 0.29) is 0 Å². The minimum Gasteiger partial charge on any atom is -0.490 e. The number of hydrogen-bond acceptors (Lipinski definition) is 2. The maximum Gasteiger partial charge on any atom is 0.161 e. The summed E-state index contributed by atoms with van der Waals surface area (Å²) < 4.78 is 11.2. The van der Waals surface area contributed by atoms with E-state index >= 15 is 0 Å². The molecule has 1 aromatic carbocycles. The summed E-state index contributed by atoms with van der Waals surface area (Å²) in [7, 11) is 0. The molecule has 0 saturated heterocycles. The Morgan fingerprint density at radius 2 is 1.68 bits per heavy atom. The standard InChI is InChI=1S/C17H26O2/c1-5-8-9-10-14(4)15-11-12-16(18-6-2)17(13-15)19-7-3/h8-9,11-14H,5-7,10H2,1-4H3/b9-8-. The fourth-order valence-electron chi connectivity index (χ4n) is 1.98. The summed E-state index contributed by atoms with van der Waals surface area (Å²) >= 11 is 0. The zero-order chi connectivity index (χ0) is 14.1. The van der Waals surface area contributed by atoms with Gasteiger partial charge in [-0.3, -0.25) is 0 Å². The van der Waals surface area contributed by atoms with Crippen LogP contribution in [0.15, 0.2) is 30.4 Å². The van der Waals surface area contributed by atoms with E-state index in [1.165, 1.54) is 5.56 Å². The second-order valence-electron chi connectivity index (χ2n) is 4.59. The second-order valence-corrected chi connectivity index (χ2v) is 4.59. The van der Waals surface area contributed by atoms with Crippen molar-refractivity contribution in [3.63, 3.8) is 0 Å². The minimum absolute atomic E-state index is 0.498. The van der Waals surface area contributed by atoms with Gasteiger partial charge in [0.2, 0.25) is 0 Å². The van der Waals surface area contributed by atoms with Gasteiger partial charge >= 0.3 is 0 Å². The molecule has 0 bridgehead atoms. The van der Waals surface area contributed by atoms with Crippen molar-refractivity contribution in [1.82, 2.24) is 0 Å². The minimum atomic E-state index is 0.498. The summed E-state index contributed by atoms with van der Waals surface area (Å²) in [5.41, 5.74) is 1.30. The smallest absolute Gasteiger partial charge is 0.161 e. The van der Waals surface area contributed by atoms with Gasteiger partial charge in [-0.25, -0.2) is 0 Å². The molecule has 1 unspecified atom stereocenters. The van der Waals surface area contributed by atoms with Crippen LogP contribution in [-0.2, 0) is 0 Å². The van der Waals surface area contributed by atoms with E-state index in [1.807, 2.05) is 19.9 Å². The maximum absolute atomic E-state index is 5.66. The molecule has 0 N–H and O–H groups in total. The van der Waals surface area contributed by atoms with Gasteiger partial charge in [-0.1, -0.05) is 32.1 Å². The molecule has 1 rings (SSSR count). The van der Waals surface area contributed by atoms with E-state index in [2.05, 4.69) is 38.1 Å². The molecule has 106 valence electrons. The van der Waals surface area contributed by atoms with Crippen molar-refractivity contribution in [2.24, 2.45) is 0 Å². The maximum atomic E-state index is 5.66. The third kappa shape index (κ3) is 4.98. The summed E-state index contributed by atoms with van der Waals surface area (Å²) in [4.78, 5) is 0. The Hall–Kier alpha value is -1.44. The predicted molar refractivity (Wildman–Crippen MR) is 81.2 cm³/mol. The first-order chi connectivity index (χ1) is 9.22. The lowest BCUT2D eigenvalue weighted by molar-refractivity contribution is 0.287. The first-order valence-corrected chi connectivity index (χ1v) is 7.27. The van der Waals surface area contributed by atoms with Crippen molar-refractivity contribution >= 4 is 0 Å². The summed E-state index contributed by atoms with van der Waals surface area (Å²) in [6.45, 7) is 9.70. The highest BCUT2D eigenvalue weighted by molar-refractivity contribution is 5.44. The van der Waals surface area contributed by atoms with Gasteiger partial charge in [-0.05, 0) is 50.3 Å². The van der Waals surface area contributed by atoms with Crippen LogP contribution in [0.25, 0.3) is 0 Å². The van der Waals surface area contributed by atoms with Gasteiger partial charge in [0.25, 0.3) is 0 Å². The fraction of sp³-hybridized carbons (Fsp3) is 0.529. The normalized spacial score (nSPS) is 12.6. The number of rotatable bonds is 8. The molecule has 0 aromatic heterocycles. The number of allylic oxidation sites excluding steroid dienone is 2. The molecular weight excluding hydrogens is 236 g/mol. The average Bonchev–Trinajstić information content (AvgIpc) is 2.41. The van der Waals surface area contributed by atoms with Crippen LogP contribution in [0.4, 0.5) is 0 Å². The summed E-state index contributed by atoms with van der Waals surface area (Å²) in [6, 6.07) is 6.26. The number of benzene rings is 1. The molecule has 2 heteroatoms. The quantitative estimate of drug-likeness (QED) is 0.617. The molecule has 0 aliphatic carbocycles. The molecule has 0 fully saturated rings. The van der Waals surface area contributed by atoms with Gasteiger partial charge in [0, 0.05) is 0 Å². The SMILES string of the molecule is CC/C=C\CC(C)c1ccc(OCC)c(OCC)c1. The van der Waals surface area contributed by atoms with Crippen LogP contribution in [0.2, 0.25) is 0 Å². The zero-order valence-corrected chi connectivity index (χ0v) is 12.6. The van der Waals surface area contributed by atoms with Gasteiger partial charge in [0.05, 0.1) is 13.2 Å². The van der Waals surface area contributed by atoms with Crippen LogP contribution in [-0.4, -0.2) is 13.2 Å². The molecule has 0 amide bonds. The van der Waals surface area contributed by atoms with Crippen LogP contribution in [0.3, 0.4) is 0 Å². The highest BCUT2D eigenvalue weighted by atomic mass is 16.5. The number of hydrogen-bond donors (Lipinski definition) is 0. The highest BCUT2D eigenvalue weighted by Crippen LogP contribution is 2.32. The molecule has 0 saturated carbocycles. The van der Waals surface area contributed by atoms with Crippen LogP contribution >= 0.6 is 0 Å². The molecule has 1 aromatic rings. The molecule has 0 aliphatic rings. The van der Waals surface area contributed by atoms with Crippen molar-refractivity contribution in [3.05, 3.63) is 35.9 Å². The Morgan fingerprint density at radius 1 is 1.00 bits per heavy atom. The lowest BCUT2D eigenvalue weighted by atomic mass is 9.97. The van der Waals surface area contributed by atoms with E-state index in [0.717, 1.165) is 24.3 Å². The van der Waals surface area contributed by atoms with Gasteiger partial charge in [0.1, 0.15) is 0 Å². The van der Waals surface area contributed by atoms with Crippen molar-refractivity contribution < 1.29 is 9.47 Å². The molecule has 0 aliphatic heterocycles. The molecule has 0 heterocycles. The summed E-state index contributed by atoms with van der Waals surface area (Å²) in [5.74, 6) is 2.19. The van der Waals surface area contributed by atoms with Crippen LogP contribution in [0, 0.1) is 0 Å². The van der Waals surface area contributed by atoms with Crippen molar-refractivity contribution in [2.75, 3.05) is 13.2 Å². The predicted octanol–water partition coefficient (Wildman–Crippen LogP) is 4.94. The van der Waals surface area contributed by atoms with E-state index < -0.39 is 0 Å². The zero-order valence-electron chi connectivity index (χ0n) is 12.6. The topological polar surface area (TPSA) is 18.5 Å². The Morgan fingerprint density at radius 3 is 2.32 bits per heavy atom. The van der Waals surface area contributed by atoms with Crippen molar-refractivity contribution in [3.8, 4) is 11.5 Å². The Labute approximate surface area is 117 Å². The third-order valence-electron chi connectivity index (χ3n) is 3.03. The van der Waals surface area contributed by atoms with Crippen LogP contribution in [0.5, 0.6) is 11.5 Å². The van der Waals surface area contributed by atoms with Gasteiger partial charge in [-0.2, -0.15) is 0 Å². The third-order valence-corrected chi connectivity index (χ3v) is 3.03. The molecule has 2 nitrogen and oxygen atoms in total. The molecule has 0 spiro atoms. The van der Waals surface area contributed by atoms with E-state index in [4.69, 9.17) is 9.47 Å². The van der Waals surface area contributed by atoms with Crippen LogP contribution < -0.4 is 9.47 Å². The van der Waals surface area contributed by atoms with Gasteiger partial charge in [0.15, 0.2) is 11.5 Å². The first kappa shape index (κ1) is 15.6. The first-order valence-electron chi connectivity index (χ1n) is 7.27. The Balaban J connectivity index is 2.84. The fourth-order valence-corrected chi connectivity index (χ4v) is 1.98. The van der Waals surface area contributed by atoms with Crippen molar-refractivity contribution in [2.45, 2.75) is 46.5 Å². The monoisotopic (exact) mass is 262 g/mol.